The highest BCUT2D eigenvalue weighted by molar-refractivity contribution is 5.64. The molecule has 0 bridgehead atoms. The van der Waals surface area contributed by atoms with Gasteiger partial charge in [0, 0.05) is 32.2 Å². The molecule has 0 radical (unpaired) electrons. The SMILES string of the molecule is CCN1CCN(C(CC(F)(F)F)c2ccc(-c3ccc(C)cc3)cc2)CC1. The van der Waals surface area contributed by atoms with Gasteiger partial charge >= 0.3 is 6.18 Å². The van der Waals surface area contributed by atoms with E-state index in [-0.39, 0.29) is 0 Å². The fourth-order valence-electron chi connectivity index (χ4n) is 3.71. The molecule has 0 N–H and O–H groups in total. The van der Waals surface area contributed by atoms with E-state index in [1.807, 2.05) is 60.4 Å². The van der Waals surface area contributed by atoms with Gasteiger partial charge in [0.25, 0.3) is 0 Å². The average Bonchev–Trinajstić information content (AvgIpc) is 2.66. The van der Waals surface area contributed by atoms with E-state index >= 15 is 0 Å². The van der Waals surface area contributed by atoms with E-state index in [9.17, 15) is 13.2 Å². The summed E-state index contributed by atoms with van der Waals surface area (Å²) in [5, 5.41) is 0. The third-order valence-electron chi connectivity index (χ3n) is 5.40. The minimum absolute atomic E-state index is 0.615. The first kappa shape index (κ1) is 19.9. The van der Waals surface area contributed by atoms with Crippen LogP contribution in [0.15, 0.2) is 48.5 Å². The predicted molar refractivity (Wildman–Crippen MR) is 104 cm³/mol. The van der Waals surface area contributed by atoms with Crippen molar-refractivity contribution in [1.29, 1.82) is 0 Å². The second-order valence-electron chi connectivity index (χ2n) is 7.29. The summed E-state index contributed by atoms with van der Waals surface area (Å²) in [4.78, 5) is 4.27. The summed E-state index contributed by atoms with van der Waals surface area (Å²) in [6.07, 6.45) is -4.98. The molecule has 146 valence electrons. The van der Waals surface area contributed by atoms with Crippen molar-refractivity contribution in [1.82, 2.24) is 9.80 Å². The lowest BCUT2D eigenvalue weighted by atomic mass is 9.97. The highest BCUT2D eigenvalue weighted by Gasteiger charge is 2.36. The molecular weight excluding hydrogens is 349 g/mol. The van der Waals surface area contributed by atoms with Crippen LogP contribution in [0, 0.1) is 6.92 Å². The van der Waals surface area contributed by atoms with Gasteiger partial charge in [0.05, 0.1) is 6.42 Å². The summed E-state index contributed by atoms with van der Waals surface area (Å²) >= 11 is 0. The zero-order chi connectivity index (χ0) is 19.4. The summed E-state index contributed by atoms with van der Waals surface area (Å²) in [6, 6.07) is 15.2. The molecule has 2 aromatic carbocycles. The minimum Gasteiger partial charge on any atom is -0.301 e. The molecule has 2 nitrogen and oxygen atoms in total. The predicted octanol–water partition coefficient (Wildman–Crippen LogP) is 5.29. The second-order valence-corrected chi connectivity index (χ2v) is 7.29. The number of rotatable bonds is 5. The first-order valence-corrected chi connectivity index (χ1v) is 9.56. The minimum atomic E-state index is -4.18. The first-order valence-electron chi connectivity index (χ1n) is 9.56. The quantitative estimate of drug-likeness (QED) is 0.699. The smallest absolute Gasteiger partial charge is 0.301 e. The lowest BCUT2D eigenvalue weighted by Crippen LogP contribution is -2.48. The maximum Gasteiger partial charge on any atom is 0.390 e. The van der Waals surface area contributed by atoms with Crippen molar-refractivity contribution in [3.8, 4) is 11.1 Å². The van der Waals surface area contributed by atoms with Crippen LogP contribution in [-0.2, 0) is 0 Å². The number of alkyl halides is 3. The summed E-state index contributed by atoms with van der Waals surface area (Å²) in [5.74, 6) is 0. The fourth-order valence-corrected chi connectivity index (χ4v) is 3.71. The fraction of sp³-hybridized carbons (Fsp3) is 0.455. The average molecular weight is 376 g/mol. The van der Waals surface area contributed by atoms with Gasteiger partial charge in [0.1, 0.15) is 0 Å². The van der Waals surface area contributed by atoms with Crippen molar-refractivity contribution >= 4 is 0 Å². The zero-order valence-corrected chi connectivity index (χ0v) is 16.0. The Morgan fingerprint density at radius 2 is 1.37 bits per heavy atom. The van der Waals surface area contributed by atoms with Gasteiger partial charge in [0.2, 0.25) is 0 Å². The van der Waals surface area contributed by atoms with Gasteiger partial charge in [-0.2, -0.15) is 13.2 Å². The third kappa shape index (κ3) is 5.33. The molecule has 27 heavy (non-hydrogen) atoms. The van der Waals surface area contributed by atoms with Crippen molar-refractivity contribution in [2.24, 2.45) is 0 Å². The van der Waals surface area contributed by atoms with Crippen molar-refractivity contribution in [3.05, 3.63) is 59.7 Å². The van der Waals surface area contributed by atoms with Crippen LogP contribution in [0.5, 0.6) is 0 Å². The standard InChI is InChI=1S/C22H27F3N2/c1-3-26-12-14-27(15-13-26)21(16-22(23,24)25)20-10-8-19(9-11-20)18-6-4-17(2)5-7-18/h4-11,21H,3,12-16H2,1-2H3. The van der Waals surface area contributed by atoms with E-state index in [0.717, 1.165) is 36.3 Å². The van der Waals surface area contributed by atoms with Crippen LogP contribution in [0.2, 0.25) is 0 Å². The Balaban J connectivity index is 1.80. The Labute approximate surface area is 159 Å². The highest BCUT2D eigenvalue weighted by atomic mass is 19.4. The monoisotopic (exact) mass is 376 g/mol. The summed E-state index contributed by atoms with van der Waals surface area (Å²) in [6.45, 7) is 8.07. The lowest BCUT2D eigenvalue weighted by molar-refractivity contribution is -0.149. The topological polar surface area (TPSA) is 6.48 Å². The van der Waals surface area contributed by atoms with Crippen LogP contribution in [0.3, 0.4) is 0 Å². The van der Waals surface area contributed by atoms with Gasteiger partial charge in [-0.25, -0.2) is 0 Å². The van der Waals surface area contributed by atoms with E-state index < -0.39 is 18.6 Å². The van der Waals surface area contributed by atoms with Crippen molar-refractivity contribution < 1.29 is 13.2 Å². The summed E-state index contributed by atoms with van der Waals surface area (Å²) < 4.78 is 39.7. The molecular formula is C22H27F3N2. The molecule has 1 heterocycles. The molecule has 3 rings (SSSR count). The number of hydrogen-bond donors (Lipinski definition) is 0. The number of aryl methyl sites for hydroxylation is 1. The molecule has 2 aromatic rings. The molecule has 1 aliphatic heterocycles. The number of hydrogen-bond acceptors (Lipinski definition) is 2. The summed E-state index contributed by atoms with van der Waals surface area (Å²) in [5.41, 5.74) is 4.04. The van der Waals surface area contributed by atoms with Gasteiger partial charge < -0.3 is 4.90 Å². The Bertz CT molecular complexity index is 715. The van der Waals surface area contributed by atoms with E-state index in [1.165, 1.54) is 5.56 Å². The molecule has 0 aromatic heterocycles. The number of benzene rings is 2. The van der Waals surface area contributed by atoms with E-state index in [4.69, 9.17) is 0 Å². The van der Waals surface area contributed by atoms with E-state index in [1.54, 1.807) is 0 Å². The molecule has 0 spiro atoms. The van der Waals surface area contributed by atoms with Crippen molar-refractivity contribution in [2.45, 2.75) is 32.5 Å². The van der Waals surface area contributed by atoms with Gasteiger partial charge in [-0.1, -0.05) is 61.0 Å². The van der Waals surface area contributed by atoms with Crippen LogP contribution >= 0.6 is 0 Å². The maximum atomic E-state index is 13.2. The van der Waals surface area contributed by atoms with Crippen LogP contribution in [0.25, 0.3) is 11.1 Å². The van der Waals surface area contributed by atoms with E-state index in [2.05, 4.69) is 11.8 Å². The molecule has 1 fully saturated rings. The lowest BCUT2D eigenvalue weighted by Gasteiger charge is -2.39. The third-order valence-corrected chi connectivity index (χ3v) is 5.40. The largest absolute Gasteiger partial charge is 0.390 e. The van der Waals surface area contributed by atoms with Crippen LogP contribution < -0.4 is 0 Å². The number of nitrogens with zero attached hydrogens (tertiary/aromatic N) is 2. The molecule has 0 aliphatic carbocycles. The first-order chi connectivity index (χ1) is 12.9. The second kappa shape index (κ2) is 8.44. The highest BCUT2D eigenvalue weighted by Crippen LogP contribution is 2.35. The van der Waals surface area contributed by atoms with Crippen LogP contribution in [0.1, 0.15) is 30.5 Å². The number of piperazine rings is 1. The number of likely N-dealkylation sites (N-methyl/N-ethyl adjacent to an activating group) is 1. The van der Waals surface area contributed by atoms with Gasteiger partial charge in [-0.3, -0.25) is 4.90 Å². The molecule has 0 saturated carbocycles. The Morgan fingerprint density at radius 3 is 1.85 bits per heavy atom. The van der Waals surface area contributed by atoms with E-state index in [0.29, 0.717) is 13.1 Å². The zero-order valence-electron chi connectivity index (χ0n) is 16.0. The Morgan fingerprint density at radius 1 is 0.852 bits per heavy atom. The van der Waals surface area contributed by atoms with Crippen LogP contribution in [-0.4, -0.2) is 48.7 Å². The van der Waals surface area contributed by atoms with Crippen molar-refractivity contribution in [3.63, 3.8) is 0 Å². The van der Waals surface area contributed by atoms with Gasteiger partial charge in [0.15, 0.2) is 0 Å². The molecule has 1 saturated heterocycles. The molecule has 1 aliphatic rings. The summed E-state index contributed by atoms with van der Waals surface area (Å²) in [7, 11) is 0. The van der Waals surface area contributed by atoms with Crippen molar-refractivity contribution in [2.75, 3.05) is 32.7 Å². The Kier molecular flexibility index (Phi) is 6.22. The molecule has 5 heteroatoms. The maximum absolute atomic E-state index is 13.2. The van der Waals surface area contributed by atoms with Gasteiger partial charge in [-0.15, -0.1) is 0 Å². The molecule has 1 atom stereocenters. The molecule has 0 amide bonds. The van der Waals surface area contributed by atoms with Gasteiger partial charge in [-0.05, 0) is 30.2 Å². The number of halogens is 3. The normalized spacial score (nSPS) is 17.8. The van der Waals surface area contributed by atoms with Crippen LogP contribution in [0.4, 0.5) is 13.2 Å². The Hall–Kier alpha value is -1.85. The molecule has 1 unspecified atom stereocenters.